The van der Waals surface area contributed by atoms with Crippen LogP contribution in [0.2, 0.25) is 23.2 Å². The Labute approximate surface area is 430 Å². The molecule has 2 aromatic carbocycles. The third-order valence-electron chi connectivity index (χ3n) is 14.4. The SMILES string of the molecule is COCO[C@@H](C[C@@H](C/C=C/c1nc(-c2nc(-c3nc(C=O)co3)co2)co1)OC)C[C@@H](OC)[C@@H](C)CCC(=O)[C@H](C)[C@H](O[Si](C)(C)C(C)(C)C)[C@H](C)CCO[Si](c1ccccc1)(c1ccccc1)C(C)(C)C. The molecule has 0 bridgehead atoms. The summed E-state index contributed by atoms with van der Waals surface area (Å²) in [5.41, 5.74) is 0.869. The van der Waals surface area contributed by atoms with Crippen molar-refractivity contribution < 1.29 is 50.6 Å². The van der Waals surface area contributed by atoms with Crippen LogP contribution in [0.5, 0.6) is 0 Å². The van der Waals surface area contributed by atoms with E-state index in [2.05, 4.69) is 151 Å². The Bertz CT molecular complexity index is 2380. The van der Waals surface area contributed by atoms with Crippen LogP contribution in [0.3, 0.4) is 0 Å². The lowest BCUT2D eigenvalue weighted by atomic mass is 9.85. The number of ether oxygens (including phenoxy) is 4. The maximum atomic E-state index is 14.4. The van der Waals surface area contributed by atoms with Crippen molar-refractivity contribution >= 4 is 45.2 Å². The van der Waals surface area contributed by atoms with Crippen LogP contribution < -0.4 is 10.4 Å². The molecule has 0 fully saturated rings. The Morgan fingerprint density at radius 1 is 0.722 bits per heavy atom. The number of carbonyl (C=O) groups excluding carboxylic acids is 2. The molecule has 7 atom stereocenters. The predicted octanol–water partition coefficient (Wildman–Crippen LogP) is 11.6. The van der Waals surface area contributed by atoms with E-state index < -0.39 is 16.6 Å². The van der Waals surface area contributed by atoms with Gasteiger partial charge in [-0.05, 0) is 70.7 Å². The first-order valence-corrected chi connectivity index (χ1v) is 30.1. The van der Waals surface area contributed by atoms with E-state index in [4.69, 9.17) is 41.1 Å². The quantitative estimate of drug-likeness (QED) is 0.0242. The number of benzene rings is 2. The highest BCUT2D eigenvalue weighted by Crippen LogP contribution is 2.41. The monoisotopic (exact) mass is 1030 g/mol. The highest BCUT2D eigenvalue weighted by molar-refractivity contribution is 6.99. The molecular formula is C56H81N3O11Si2. The van der Waals surface area contributed by atoms with Crippen molar-refractivity contribution in [2.75, 3.05) is 34.7 Å². The summed E-state index contributed by atoms with van der Waals surface area (Å²) < 4.78 is 54.7. The van der Waals surface area contributed by atoms with Gasteiger partial charge in [-0.25, -0.2) is 15.0 Å². The maximum Gasteiger partial charge on any atom is 0.261 e. The fraction of sp³-hybridized carbons (Fsp3) is 0.554. The first kappa shape index (κ1) is 58.2. The number of aldehydes is 1. The van der Waals surface area contributed by atoms with Crippen LogP contribution in [0.4, 0.5) is 0 Å². The molecule has 3 aromatic heterocycles. The zero-order valence-corrected chi connectivity index (χ0v) is 47.3. The summed E-state index contributed by atoms with van der Waals surface area (Å²) >= 11 is 0. The zero-order valence-electron chi connectivity index (χ0n) is 45.3. The number of methoxy groups -OCH3 is 3. The molecular weight excluding hydrogens is 947 g/mol. The number of hydrogen-bond donors (Lipinski definition) is 0. The van der Waals surface area contributed by atoms with Crippen molar-refractivity contribution in [2.45, 2.75) is 148 Å². The van der Waals surface area contributed by atoms with Crippen molar-refractivity contribution in [3.8, 4) is 23.2 Å². The van der Waals surface area contributed by atoms with Gasteiger partial charge in [0.05, 0.1) is 24.4 Å². The maximum absolute atomic E-state index is 14.4. The van der Waals surface area contributed by atoms with Gasteiger partial charge in [-0.1, -0.05) is 129 Å². The number of oxazole rings is 3. The molecule has 0 spiro atoms. The van der Waals surface area contributed by atoms with E-state index in [9.17, 15) is 9.59 Å². The van der Waals surface area contributed by atoms with Crippen LogP contribution in [0.1, 0.15) is 117 Å². The lowest BCUT2D eigenvalue weighted by Gasteiger charge is -2.44. The molecule has 3 heterocycles. The van der Waals surface area contributed by atoms with Crippen molar-refractivity contribution in [1.82, 2.24) is 15.0 Å². The normalized spacial score (nSPS) is 15.8. The summed E-state index contributed by atoms with van der Waals surface area (Å²) in [4.78, 5) is 38.3. The van der Waals surface area contributed by atoms with Gasteiger partial charge in [0, 0.05) is 53.1 Å². The average molecular weight is 1030 g/mol. The minimum absolute atomic E-state index is 0.0322. The second-order valence-electron chi connectivity index (χ2n) is 21.6. The lowest BCUT2D eigenvalue weighted by Crippen LogP contribution is -2.66. The molecule has 0 radical (unpaired) electrons. The molecule has 0 aliphatic heterocycles. The highest BCUT2D eigenvalue weighted by Gasteiger charge is 2.50. The van der Waals surface area contributed by atoms with Gasteiger partial charge < -0.3 is 41.1 Å². The summed E-state index contributed by atoms with van der Waals surface area (Å²) in [6.07, 6.45) is 11.0. The highest BCUT2D eigenvalue weighted by atomic mass is 28.4. The Balaban J connectivity index is 1.21. The molecule has 16 heteroatoms. The third-order valence-corrected chi connectivity index (χ3v) is 23.9. The van der Waals surface area contributed by atoms with Crippen molar-refractivity contribution in [1.29, 1.82) is 0 Å². The van der Waals surface area contributed by atoms with Crippen molar-refractivity contribution in [2.24, 2.45) is 17.8 Å². The van der Waals surface area contributed by atoms with Crippen LogP contribution in [-0.4, -0.2) is 103 Å². The van der Waals surface area contributed by atoms with Crippen LogP contribution in [-0.2, 0) is 32.6 Å². The standard InChI is InChI=1S/C56H81N3O11Si2/c1-39(50(64-12)33-44(68-38-62-10)32-43(63-11)22-21-27-51-58-47(36-65-51)54-59-48(37-67-54)53-57-42(34-60)35-66-53)28-29-49(61)41(3)52(70-71(13,14)55(4,5)6)40(2)30-31-69-72(56(7,8)9,45-23-17-15-18-24-45)46-25-19-16-20-26-46/h15-21,23-27,34-37,39-41,43-44,50,52H,22,28-33,38H2,1-14H3/b27-21+/t39-,40+,41-,43+,44-,50+,52+/m0/s1. The van der Waals surface area contributed by atoms with Crippen LogP contribution in [0.15, 0.2) is 98.8 Å². The molecule has 0 saturated heterocycles. The van der Waals surface area contributed by atoms with Crippen molar-refractivity contribution in [3.05, 3.63) is 97.1 Å². The summed E-state index contributed by atoms with van der Waals surface area (Å²) in [5.74, 6) is 0.734. The Hall–Kier alpha value is -4.66. The first-order valence-electron chi connectivity index (χ1n) is 25.3. The van der Waals surface area contributed by atoms with Gasteiger partial charge in [-0.2, -0.15) is 0 Å². The molecule has 72 heavy (non-hydrogen) atoms. The molecule has 0 amide bonds. The molecule has 5 aromatic rings. The number of aromatic nitrogens is 3. The second kappa shape index (κ2) is 26.5. The predicted molar refractivity (Wildman–Crippen MR) is 286 cm³/mol. The fourth-order valence-corrected chi connectivity index (χ4v) is 15.1. The van der Waals surface area contributed by atoms with E-state index in [0.717, 1.165) is 6.42 Å². The molecule has 0 unspecified atom stereocenters. The summed E-state index contributed by atoms with van der Waals surface area (Å²) in [5, 5.41) is 2.33. The van der Waals surface area contributed by atoms with E-state index in [1.54, 1.807) is 27.4 Å². The van der Waals surface area contributed by atoms with Gasteiger partial charge in [-0.3, -0.25) is 9.59 Å². The van der Waals surface area contributed by atoms with E-state index in [1.165, 1.54) is 29.2 Å². The van der Waals surface area contributed by atoms with Gasteiger partial charge in [0.15, 0.2) is 26.0 Å². The molecule has 0 aliphatic carbocycles. The third kappa shape index (κ3) is 15.2. The zero-order chi connectivity index (χ0) is 52.7. The average Bonchev–Trinajstić information content (AvgIpc) is 4.16. The lowest BCUT2D eigenvalue weighted by molar-refractivity contribution is -0.127. The molecule has 0 aliphatic rings. The topological polar surface area (TPSA) is 168 Å². The summed E-state index contributed by atoms with van der Waals surface area (Å²) in [6, 6.07) is 21.5. The molecule has 0 N–H and O–H groups in total. The smallest absolute Gasteiger partial charge is 0.261 e. The largest absolute Gasteiger partial charge is 0.444 e. The molecule has 5 rings (SSSR count). The number of Topliss-reactive ketones (excluding diaryl/α,β-unsaturated/α-hetero) is 1. The van der Waals surface area contributed by atoms with E-state index in [-0.39, 0.29) is 82.3 Å². The van der Waals surface area contributed by atoms with Crippen LogP contribution in [0.25, 0.3) is 29.2 Å². The van der Waals surface area contributed by atoms with E-state index in [1.807, 2.05) is 6.08 Å². The number of carbonyl (C=O) groups is 2. The number of hydrogen-bond acceptors (Lipinski definition) is 14. The second-order valence-corrected chi connectivity index (χ2v) is 30.7. The molecule has 14 nitrogen and oxygen atoms in total. The summed E-state index contributed by atoms with van der Waals surface area (Å²) in [6.45, 7) is 25.3. The van der Waals surface area contributed by atoms with E-state index >= 15 is 0 Å². The minimum atomic E-state index is -2.74. The minimum Gasteiger partial charge on any atom is -0.444 e. The molecule has 0 saturated carbocycles. The van der Waals surface area contributed by atoms with Gasteiger partial charge in [0.1, 0.15) is 37.1 Å². The Morgan fingerprint density at radius 3 is 1.90 bits per heavy atom. The number of rotatable bonds is 30. The number of nitrogens with zero attached hydrogens (tertiary/aromatic N) is 3. The Kier molecular flexibility index (Phi) is 21.5. The van der Waals surface area contributed by atoms with Crippen LogP contribution >= 0.6 is 0 Å². The van der Waals surface area contributed by atoms with Gasteiger partial charge >= 0.3 is 0 Å². The van der Waals surface area contributed by atoms with Gasteiger partial charge in [0.25, 0.3) is 8.32 Å². The van der Waals surface area contributed by atoms with Gasteiger partial charge in [0.2, 0.25) is 17.7 Å². The van der Waals surface area contributed by atoms with Gasteiger partial charge in [-0.15, -0.1) is 0 Å². The van der Waals surface area contributed by atoms with Crippen molar-refractivity contribution in [3.63, 3.8) is 0 Å². The first-order chi connectivity index (χ1) is 34.2. The summed E-state index contributed by atoms with van der Waals surface area (Å²) in [7, 11) is -0.0248. The Morgan fingerprint density at radius 2 is 1.33 bits per heavy atom. The molecule has 394 valence electrons. The number of ketones is 1. The van der Waals surface area contributed by atoms with E-state index in [0.29, 0.717) is 62.3 Å². The fourth-order valence-electron chi connectivity index (χ4n) is 9.05. The van der Waals surface area contributed by atoms with Crippen LogP contribution in [0, 0.1) is 17.8 Å².